The van der Waals surface area contributed by atoms with Gasteiger partial charge in [0.2, 0.25) is 10.0 Å². The van der Waals surface area contributed by atoms with E-state index in [-0.39, 0.29) is 24.9 Å². The van der Waals surface area contributed by atoms with Gasteiger partial charge in [0.15, 0.2) is 11.6 Å². The van der Waals surface area contributed by atoms with Crippen LogP contribution >= 0.6 is 22.6 Å². The van der Waals surface area contributed by atoms with Gasteiger partial charge in [-0.1, -0.05) is 0 Å². The quantitative estimate of drug-likeness (QED) is 0.414. The van der Waals surface area contributed by atoms with E-state index in [0.717, 1.165) is 6.07 Å². The lowest BCUT2D eigenvalue weighted by atomic mass is 10.1. The average molecular weight is 570 g/mol. The summed E-state index contributed by atoms with van der Waals surface area (Å²) >= 11 is 1.88. The Morgan fingerprint density at radius 3 is 2.48 bits per heavy atom. The molecule has 4 N–H and O–H groups in total. The second-order valence-corrected chi connectivity index (χ2v) is 10.9. The summed E-state index contributed by atoms with van der Waals surface area (Å²) in [6, 6.07) is 4.62. The summed E-state index contributed by atoms with van der Waals surface area (Å²) in [5.41, 5.74) is -1.32. The van der Waals surface area contributed by atoms with E-state index in [1.54, 1.807) is 0 Å². The van der Waals surface area contributed by atoms with Crippen LogP contribution in [-0.2, 0) is 10.0 Å². The highest BCUT2D eigenvalue weighted by atomic mass is 127. The molecule has 12 heteroatoms. The number of aliphatic hydroxyl groups excluding tert-OH is 2. The molecule has 1 aliphatic carbocycles. The summed E-state index contributed by atoms with van der Waals surface area (Å²) in [6.07, 6.45) is -2.64. The van der Waals surface area contributed by atoms with E-state index in [9.17, 15) is 31.8 Å². The van der Waals surface area contributed by atoms with Crippen LogP contribution in [0, 0.1) is 21.0 Å². The molecule has 2 aromatic carbocycles. The molecule has 2 unspecified atom stereocenters. The number of halogens is 4. The highest BCUT2D eigenvalue weighted by Gasteiger charge is 2.56. The maximum absolute atomic E-state index is 14.8. The van der Waals surface area contributed by atoms with Crippen LogP contribution in [0.2, 0.25) is 0 Å². The van der Waals surface area contributed by atoms with E-state index in [2.05, 4.69) is 10.0 Å². The number of aliphatic hydroxyl groups is 2. The molecular weight excluding hydrogens is 552 g/mol. The Morgan fingerprint density at radius 2 is 1.84 bits per heavy atom. The molecule has 2 aliphatic rings. The number of benzene rings is 2. The Labute approximate surface area is 189 Å². The van der Waals surface area contributed by atoms with Crippen LogP contribution in [-0.4, -0.2) is 42.2 Å². The van der Waals surface area contributed by atoms with Gasteiger partial charge in [-0.2, -0.15) is 0 Å². The maximum atomic E-state index is 14.8. The third kappa shape index (κ3) is 4.17. The van der Waals surface area contributed by atoms with Crippen LogP contribution in [0.5, 0.6) is 5.75 Å². The Balaban J connectivity index is 1.86. The first-order valence-electron chi connectivity index (χ1n) is 9.28. The van der Waals surface area contributed by atoms with E-state index >= 15 is 0 Å². The number of nitrogens with one attached hydrogen (secondary N) is 2. The van der Waals surface area contributed by atoms with Crippen molar-refractivity contribution in [2.45, 2.75) is 36.2 Å². The van der Waals surface area contributed by atoms with Crippen LogP contribution in [0.4, 0.5) is 30.2 Å². The SMILES string of the molecule is O=S1(=O)Nc2c(cc(F)c(F)c2Nc2ccc(I)cc2F)OCC(O)C(O)CC12CC2. The lowest BCUT2D eigenvalue weighted by Crippen LogP contribution is -2.41. The number of fused-ring (bicyclic) bond motifs is 1. The van der Waals surface area contributed by atoms with Crippen molar-refractivity contribution in [2.24, 2.45) is 0 Å². The van der Waals surface area contributed by atoms with Gasteiger partial charge in [-0.3, -0.25) is 4.72 Å². The minimum Gasteiger partial charge on any atom is -0.488 e. The summed E-state index contributed by atoms with van der Waals surface area (Å²) in [7, 11) is -4.21. The van der Waals surface area contributed by atoms with Gasteiger partial charge in [-0.15, -0.1) is 0 Å². The van der Waals surface area contributed by atoms with E-state index < -0.39 is 68.2 Å². The molecule has 1 spiro atoms. The van der Waals surface area contributed by atoms with Crippen molar-refractivity contribution in [2.75, 3.05) is 16.6 Å². The van der Waals surface area contributed by atoms with E-state index in [0.29, 0.717) is 9.64 Å². The standard InChI is InChI=1S/C19H18F3IN2O5S/c20-10-5-9(23)1-2-12(10)24-18-16(22)11(21)6-15-17(18)25-31(28,29)19(3-4-19)7-13(26)14(27)8-30-15/h1-2,5-6,13-14,24-27H,3-4,7-8H2. The summed E-state index contributed by atoms with van der Waals surface area (Å²) in [5.74, 6) is -3.99. The zero-order valence-electron chi connectivity index (χ0n) is 15.8. The fourth-order valence-electron chi connectivity index (χ4n) is 3.43. The molecule has 168 valence electrons. The Kier molecular flexibility index (Phi) is 5.77. The zero-order valence-corrected chi connectivity index (χ0v) is 18.8. The van der Waals surface area contributed by atoms with Crippen molar-refractivity contribution < 1.29 is 36.5 Å². The highest BCUT2D eigenvalue weighted by molar-refractivity contribution is 14.1. The molecule has 1 heterocycles. The van der Waals surface area contributed by atoms with Gasteiger partial charge in [0, 0.05) is 9.64 Å². The molecular formula is C19H18F3IN2O5S. The van der Waals surface area contributed by atoms with Crippen LogP contribution in [0.25, 0.3) is 0 Å². The Hall–Kier alpha value is -1.77. The zero-order chi connectivity index (χ0) is 22.6. The largest absolute Gasteiger partial charge is 0.488 e. The third-order valence-electron chi connectivity index (χ3n) is 5.42. The summed E-state index contributed by atoms with van der Waals surface area (Å²) in [6.45, 7) is -0.492. The van der Waals surface area contributed by atoms with Crippen LogP contribution < -0.4 is 14.8 Å². The van der Waals surface area contributed by atoms with Gasteiger partial charge < -0.3 is 20.3 Å². The molecule has 0 bridgehead atoms. The molecule has 7 nitrogen and oxygen atoms in total. The van der Waals surface area contributed by atoms with Crippen LogP contribution in [0.1, 0.15) is 19.3 Å². The Bertz CT molecular complexity index is 1140. The summed E-state index contributed by atoms with van der Waals surface area (Å²) < 4.78 is 76.3. The topological polar surface area (TPSA) is 108 Å². The van der Waals surface area contributed by atoms with Gasteiger partial charge in [-0.05, 0) is 60.1 Å². The maximum Gasteiger partial charge on any atom is 0.238 e. The van der Waals surface area contributed by atoms with Crippen molar-refractivity contribution >= 4 is 49.7 Å². The predicted molar refractivity (Wildman–Crippen MR) is 115 cm³/mol. The molecule has 0 radical (unpaired) electrons. The summed E-state index contributed by atoms with van der Waals surface area (Å²) in [4.78, 5) is 0. The second-order valence-electron chi connectivity index (χ2n) is 7.61. The normalized spacial score (nSPS) is 23.9. The van der Waals surface area contributed by atoms with E-state index in [4.69, 9.17) is 4.74 Å². The van der Waals surface area contributed by atoms with Crippen LogP contribution in [0.15, 0.2) is 24.3 Å². The van der Waals surface area contributed by atoms with Crippen LogP contribution in [0.3, 0.4) is 0 Å². The molecule has 1 aliphatic heterocycles. The molecule has 2 atom stereocenters. The predicted octanol–water partition coefficient (Wildman–Crippen LogP) is 3.23. The fraction of sp³-hybridized carbons (Fsp3) is 0.368. The fourth-order valence-corrected chi connectivity index (χ4v) is 5.60. The molecule has 1 saturated carbocycles. The number of anilines is 3. The van der Waals surface area contributed by atoms with E-state index in [1.807, 2.05) is 22.6 Å². The molecule has 0 saturated heterocycles. The minimum atomic E-state index is -4.21. The van der Waals surface area contributed by atoms with Crippen molar-refractivity contribution in [1.29, 1.82) is 0 Å². The minimum absolute atomic E-state index is 0.208. The number of hydrogen-bond acceptors (Lipinski definition) is 6. The first-order chi connectivity index (χ1) is 14.5. The summed E-state index contributed by atoms with van der Waals surface area (Å²) in [5, 5.41) is 22.7. The van der Waals surface area contributed by atoms with Gasteiger partial charge in [0.25, 0.3) is 0 Å². The van der Waals surface area contributed by atoms with Crippen molar-refractivity contribution in [3.05, 3.63) is 45.3 Å². The van der Waals surface area contributed by atoms with E-state index in [1.165, 1.54) is 12.1 Å². The first kappa shape index (κ1) is 22.4. The van der Waals surface area contributed by atoms with Gasteiger partial charge in [-0.25, -0.2) is 21.6 Å². The smallest absolute Gasteiger partial charge is 0.238 e. The number of hydrogen-bond donors (Lipinski definition) is 4. The molecule has 0 amide bonds. The van der Waals surface area contributed by atoms with Crippen molar-refractivity contribution in [3.63, 3.8) is 0 Å². The number of ether oxygens (including phenoxy) is 1. The monoisotopic (exact) mass is 570 g/mol. The van der Waals surface area contributed by atoms with Crippen molar-refractivity contribution in [3.8, 4) is 5.75 Å². The lowest BCUT2D eigenvalue weighted by Gasteiger charge is -2.28. The molecule has 0 aromatic heterocycles. The number of rotatable bonds is 2. The number of sulfonamides is 1. The van der Waals surface area contributed by atoms with Crippen molar-refractivity contribution in [1.82, 2.24) is 0 Å². The lowest BCUT2D eigenvalue weighted by molar-refractivity contribution is -0.0129. The van der Waals surface area contributed by atoms with Gasteiger partial charge in [0.05, 0.1) is 16.5 Å². The van der Waals surface area contributed by atoms with Gasteiger partial charge in [0.1, 0.15) is 35.7 Å². The molecule has 1 fully saturated rings. The van der Waals surface area contributed by atoms with Gasteiger partial charge >= 0.3 is 0 Å². The second kappa shape index (κ2) is 7.98. The highest BCUT2D eigenvalue weighted by Crippen LogP contribution is 2.50. The Morgan fingerprint density at radius 1 is 1.13 bits per heavy atom. The molecule has 31 heavy (non-hydrogen) atoms. The molecule has 4 rings (SSSR count). The molecule has 2 aromatic rings. The third-order valence-corrected chi connectivity index (χ3v) is 8.28. The first-order valence-corrected chi connectivity index (χ1v) is 11.8. The average Bonchev–Trinajstić information content (AvgIpc) is 3.48.